The van der Waals surface area contributed by atoms with Crippen LogP contribution < -0.4 is 5.32 Å². The molecule has 0 radical (unpaired) electrons. The van der Waals surface area contributed by atoms with E-state index < -0.39 is 6.09 Å². The average Bonchev–Trinajstić information content (AvgIpc) is 2.04. The van der Waals surface area contributed by atoms with Crippen LogP contribution in [0.15, 0.2) is 12.3 Å². The third kappa shape index (κ3) is 1.56. The Balaban J connectivity index is 1.89. The van der Waals surface area contributed by atoms with Crippen LogP contribution in [0.25, 0.3) is 0 Å². The van der Waals surface area contributed by atoms with E-state index in [9.17, 15) is 9.59 Å². The summed E-state index contributed by atoms with van der Waals surface area (Å²) in [5.41, 5.74) is -0.567. The lowest BCUT2D eigenvalue weighted by Gasteiger charge is -2.68. The minimum absolute atomic E-state index is 0.121. The molecule has 0 aromatic carbocycles. The Morgan fingerprint density at radius 3 is 2.31 bits per heavy atom. The Bertz CT molecular complexity index is 354. The Hall–Kier alpha value is -1.52. The van der Waals surface area contributed by atoms with Crippen molar-refractivity contribution in [3.8, 4) is 0 Å². The van der Waals surface area contributed by atoms with Crippen LogP contribution in [0.3, 0.4) is 0 Å². The van der Waals surface area contributed by atoms with Crippen molar-refractivity contribution in [1.29, 1.82) is 0 Å². The largest absolute Gasteiger partial charge is 0.465 e. The van der Waals surface area contributed by atoms with Crippen LogP contribution >= 0.6 is 0 Å². The van der Waals surface area contributed by atoms with E-state index in [0.717, 1.165) is 0 Å². The van der Waals surface area contributed by atoms with E-state index in [-0.39, 0.29) is 16.7 Å². The Morgan fingerprint density at radius 2 is 1.88 bits per heavy atom. The second-order valence-electron chi connectivity index (χ2n) is 5.16. The number of hydrogen-bond acceptors (Lipinski definition) is 3. The van der Waals surface area contributed by atoms with E-state index in [1.807, 2.05) is 19.0 Å². The number of rotatable bonds is 4. The lowest BCUT2D eigenvalue weighted by atomic mass is 9.38. The molecule has 3 aliphatic carbocycles. The topological polar surface area (TPSA) is 69.6 Å². The molecule has 0 aromatic rings. The van der Waals surface area contributed by atoms with Gasteiger partial charge in [0, 0.05) is 31.2 Å². The molecule has 3 rings (SSSR count). The summed E-state index contributed by atoms with van der Waals surface area (Å²) in [6.45, 7) is 0. The van der Waals surface area contributed by atoms with Crippen molar-refractivity contribution >= 4 is 11.9 Å². The van der Waals surface area contributed by atoms with Gasteiger partial charge in [0.05, 0.1) is 0 Å². The van der Waals surface area contributed by atoms with Gasteiger partial charge in [0.2, 0.25) is 0 Å². The first-order valence-corrected chi connectivity index (χ1v) is 5.28. The highest BCUT2D eigenvalue weighted by atomic mass is 16.4. The normalized spacial score (nSPS) is 35.1. The number of amides is 1. The summed E-state index contributed by atoms with van der Waals surface area (Å²) in [5, 5.41) is 11.1. The molecule has 16 heavy (non-hydrogen) atoms. The first kappa shape index (κ1) is 11.0. The summed E-state index contributed by atoms with van der Waals surface area (Å²) in [6, 6.07) is 0. The maximum atomic E-state index is 11.8. The number of allylic oxidation sites excluding steroid dienone is 1. The molecule has 0 heterocycles. The molecule has 3 aliphatic rings. The van der Waals surface area contributed by atoms with Gasteiger partial charge in [0.25, 0.3) is 0 Å². The zero-order chi connectivity index (χ0) is 12.0. The molecule has 0 aliphatic heterocycles. The molecule has 0 unspecified atom stereocenters. The van der Waals surface area contributed by atoms with Crippen LogP contribution in [0, 0.1) is 5.41 Å². The van der Waals surface area contributed by atoms with E-state index in [1.165, 1.54) is 0 Å². The van der Waals surface area contributed by atoms with Gasteiger partial charge in [-0.1, -0.05) is 0 Å². The number of hydrogen-bond donors (Lipinski definition) is 2. The number of ketones is 1. The SMILES string of the molecule is CN(C)/C=C/C(=O)C12CC(NC(=O)O)(C1)C2. The van der Waals surface area contributed by atoms with Crippen LogP contribution in [-0.2, 0) is 4.79 Å². The van der Waals surface area contributed by atoms with E-state index in [4.69, 9.17) is 5.11 Å². The summed E-state index contributed by atoms with van der Waals surface area (Å²) in [5.74, 6) is 0.121. The van der Waals surface area contributed by atoms with E-state index in [1.54, 1.807) is 12.3 Å². The summed E-state index contributed by atoms with van der Waals surface area (Å²) in [4.78, 5) is 24.1. The van der Waals surface area contributed by atoms with Crippen molar-refractivity contribution in [3.63, 3.8) is 0 Å². The van der Waals surface area contributed by atoms with Crippen molar-refractivity contribution in [2.45, 2.75) is 24.8 Å². The fourth-order valence-electron chi connectivity index (χ4n) is 2.80. The van der Waals surface area contributed by atoms with E-state index >= 15 is 0 Å². The van der Waals surface area contributed by atoms with Crippen LogP contribution in [0.5, 0.6) is 0 Å². The van der Waals surface area contributed by atoms with Crippen molar-refractivity contribution in [1.82, 2.24) is 10.2 Å². The van der Waals surface area contributed by atoms with Crippen molar-refractivity contribution in [2.24, 2.45) is 5.41 Å². The molecule has 1 amide bonds. The van der Waals surface area contributed by atoms with Gasteiger partial charge in [-0.25, -0.2) is 4.79 Å². The van der Waals surface area contributed by atoms with Gasteiger partial charge in [0.1, 0.15) is 0 Å². The molecule has 5 nitrogen and oxygen atoms in total. The van der Waals surface area contributed by atoms with Crippen LogP contribution in [-0.4, -0.2) is 41.5 Å². The minimum Gasteiger partial charge on any atom is -0.465 e. The van der Waals surface area contributed by atoms with Gasteiger partial charge < -0.3 is 15.3 Å². The van der Waals surface area contributed by atoms with Gasteiger partial charge in [-0.05, 0) is 25.3 Å². The van der Waals surface area contributed by atoms with Crippen LogP contribution in [0.4, 0.5) is 4.79 Å². The van der Waals surface area contributed by atoms with E-state index in [0.29, 0.717) is 19.3 Å². The first-order chi connectivity index (χ1) is 7.38. The fourth-order valence-corrected chi connectivity index (χ4v) is 2.80. The highest BCUT2D eigenvalue weighted by molar-refractivity contribution is 5.98. The molecule has 88 valence electrons. The minimum atomic E-state index is -0.996. The smallest absolute Gasteiger partial charge is 0.405 e. The number of carboxylic acid groups (broad SMARTS) is 1. The summed E-state index contributed by atoms with van der Waals surface area (Å²) < 4.78 is 0. The maximum Gasteiger partial charge on any atom is 0.405 e. The molecule has 2 N–H and O–H groups in total. The molecule has 2 bridgehead atoms. The van der Waals surface area contributed by atoms with Crippen molar-refractivity contribution in [3.05, 3.63) is 12.3 Å². The van der Waals surface area contributed by atoms with Gasteiger partial charge in [-0.15, -0.1) is 0 Å². The third-order valence-electron chi connectivity index (χ3n) is 3.45. The number of carbonyl (C=O) groups excluding carboxylic acids is 1. The quantitative estimate of drug-likeness (QED) is 0.694. The Labute approximate surface area is 94.1 Å². The molecule has 3 saturated carbocycles. The fraction of sp³-hybridized carbons (Fsp3) is 0.636. The number of carbonyl (C=O) groups is 2. The molecule has 0 atom stereocenters. The lowest BCUT2D eigenvalue weighted by Crippen LogP contribution is -2.76. The molecular weight excluding hydrogens is 208 g/mol. The van der Waals surface area contributed by atoms with Crippen LogP contribution in [0.1, 0.15) is 19.3 Å². The highest BCUT2D eigenvalue weighted by Crippen LogP contribution is 2.67. The predicted octanol–water partition coefficient (Wildman–Crippen LogP) is 0.821. The number of nitrogens with zero attached hydrogens (tertiary/aromatic N) is 1. The second kappa shape index (κ2) is 3.23. The molecular formula is C11H16N2O3. The van der Waals surface area contributed by atoms with E-state index in [2.05, 4.69) is 5.32 Å². The molecule has 3 fully saturated rings. The van der Waals surface area contributed by atoms with Crippen molar-refractivity contribution in [2.75, 3.05) is 14.1 Å². The third-order valence-corrected chi connectivity index (χ3v) is 3.45. The highest BCUT2D eigenvalue weighted by Gasteiger charge is 2.71. The molecule has 0 spiro atoms. The molecule has 5 heteroatoms. The second-order valence-corrected chi connectivity index (χ2v) is 5.16. The summed E-state index contributed by atoms with van der Waals surface area (Å²) in [6.07, 6.45) is 4.29. The Kier molecular flexibility index (Phi) is 2.22. The molecule has 0 aromatic heterocycles. The van der Waals surface area contributed by atoms with Gasteiger partial charge in [0.15, 0.2) is 5.78 Å². The predicted molar refractivity (Wildman–Crippen MR) is 58.0 cm³/mol. The zero-order valence-electron chi connectivity index (χ0n) is 9.49. The lowest BCUT2D eigenvalue weighted by molar-refractivity contribution is -0.171. The molecule has 0 saturated heterocycles. The van der Waals surface area contributed by atoms with Gasteiger partial charge >= 0.3 is 6.09 Å². The Morgan fingerprint density at radius 1 is 1.31 bits per heavy atom. The standard InChI is InChI=1S/C11H16N2O3/c1-13(2)4-3-8(14)10-5-11(6-10,7-10)12-9(15)16/h3-4,12H,5-7H2,1-2H3,(H,15,16)/b4-3+. The van der Waals surface area contributed by atoms with Gasteiger partial charge in [-0.3, -0.25) is 4.79 Å². The zero-order valence-corrected chi connectivity index (χ0v) is 9.49. The summed E-state index contributed by atoms with van der Waals surface area (Å²) >= 11 is 0. The number of nitrogens with one attached hydrogen (secondary N) is 1. The van der Waals surface area contributed by atoms with Crippen LogP contribution in [0.2, 0.25) is 0 Å². The van der Waals surface area contributed by atoms with Gasteiger partial charge in [-0.2, -0.15) is 0 Å². The first-order valence-electron chi connectivity index (χ1n) is 5.28. The maximum absolute atomic E-state index is 11.8. The monoisotopic (exact) mass is 224 g/mol. The average molecular weight is 224 g/mol. The van der Waals surface area contributed by atoms with Crippen molar-refractivity contribution < 1.29 is 14.7 Å². The summed E-state index contributed by atoms with van der Waals surface area (Å²) in [7, 11) is 3.72.